The number of halogens is 1. The average molecular weight is 256 g/mol. The van der Waals surface area contributed by atoms with Gasteiger partial charge in [0.15, 0.2) is 0 Å². The highest BCUT2D eigenvalue weighted by Gasteiger charge is 2.31. The number of methoxy groups -OCH3 is 1. The molecule has 0 heterocycles. The summed E-state index contributed by atoms with van der Waals surface area (Å²) in [5.41, 5.74) is -1.59. The van der Waals surface area contributed by atoms with Crippen LogP contribution in [0.3, 0.4) is 0 Å². The van der Waals surface area contributed by atoms with Crippen molar-refractivity contribution in [2.75, 3.05) is 12.4 Å². The van der Waals surface area contributed by atoms with E-state index in [1.54, 1.807) is 0 Å². The quantitative estimate of drug-likeness (QED) is 0.506. The van der Waals surface area contributed by atoms with Crippen LogP contribution in [0.25, 0.3) is 0 Å². The first-order valence-corrected chi connectivity index (χ1v) is 5.08. The van der Waals surface area contributed by atoms with E-state index in [1.165, 1.54) is 21.0 Å². The van der Waals surface area contributed by atoms with E-state index in [0.717, 1.165) is 18.2 Å². The van der Waals surface area contributed by atoms with E-state index in [2.05, 4.69) is 10.1 Å². The summed E-state index contributed by atoms with van der Waals surface area (Å²) in [4.78, 5) is 21.6. The zero-order chi connectivity index (χ0) is 13.9. The molecule has 0 bridgehead atoms. The summed E-state index contributed by atoms with van der Waals surface area (Å²) < 4.78 is 17.6. The molecule has 7 heteroatoms. The average Bonchev–Trinajstić information content (AvgIpc) is 2.26. The van der Waals surface area contributed by atoms with Gasteiger partial charge >= 0.3 is 5.97 Å². The zero-order valence-electron chi connectivity index (χ0n) is 10.2. The maximum Gasteiger partial charge on any atom is 0.330 e. The Balaban J connectivity index is 3.13. The van der Waals surface area contributed by atoms with E-state index < -0.39 is 22.2 Å². The highest BCUT2D eigenvalue weighted by Crippen LogP contribution is 2.28. The highest BCUT2D eigenvalue weighted by molar-refractivity contribution is 5.84. The SMILES string of the molecule is COC(=O)C(C)(C)Nc1cc(F)ccc1[N+](=O)[O-]. The number of anilines is 1. The molecule has 1 aromatic carbocycles. The van der Waals surface area contributed by atoms with Crippen LogP contribution >= 0.6 is 0 Å². The molecule has 0 aliphatic heterocycles. The number of nitrogens with one attached hydrogen (secondary N) is 1. The molecule has 0 aromatic heterocycles. The second-order valence-electron chi connectivity index (χ2n) is 4.16. The molecule has 1 N–H and O–H groups in total. The standard InChI is InChI=1S/C11H13FN2O4/c1-11(2,10(15)18-3)13-8-6-7(12)4-5-9(8)14(16)17/h4-6,13H,1-3H3. The molecule has 98 valence electrons. The van der Waals surface area contributed by atoms with Gasteiger partial charge in [-0.15, -0.1) is 0 Å². The smallest absolute Gasteiger partial charge is 0.330 e. The van der Waals surface area contributed by atoms with Gasteiger partial charge in [-0.05, 0) is 19.9 Å². The zero-order valence-corrected chi connectivity index (χ0v) is 10.2. The van der Waals surface area contributed by atoms with Crippen molar-refractivity contribution in [1.29, 1.82) is 0 Å². The monoisotopic (exact) mass is 256 g/mol. The van der Waals surface area contributed by atoms with Crippen molar-refractivity contribution in [2.45, 2.75) is 19.4 Å². The predicted molar refractivity (Wildman–Crippen MR) is 62.8 cm³/mol. The Morgan fingerprint density at radius 1 is 1.50 bits per heavy atom. The molecule has 0 unspecified atom stereocenters. The molecule has 0 aliphatic carbocycles. The van der Waals surface area contributed by atoms with Gasteiger partial charge in [0.05, 0.1) is 12.0 Å². The molecule has 18 heavy (non-hydrogen) atoms. The fourth-order valence-electron chi connectivity index (χ4n) is 1.41. The van der Waals surface area contributed by atoms with Crippen molar-refractivity contribution in [3.05, 3.63) is 34.1 Å². The van der Waals surface area contributed by atoms with Crippen LogP contribution in [-0.4, -0.2) is 23.5 Å². The lowest BCUT2D eigenvalue weighted by Gasteiger charge is -2.24. The lowest BCUT2D eigenvalue weighted by atomic mass is 10.1. The number of hydrogen-bond donors (Lipinski definition) is 1. The maximum absolute atomic E-state index is 13.1. The summed E-state index contributed by atoms with van der Waals surface area (Å²) in [5.74, 6) is -1.25. The summed E-state index contributed by atoms with van der Waals surface area (Å²) in [6, 6.07) is 2.97. The number of nitrogens with zero attached hydrogens (tertiary/aromatic N) is 1. The van der Waals surface area contributed by atoms with Gasteiger partial charge in [-0.25, -0.2) is 9.18 Å². The molecule has 0 spiro atoms. The molecule has 1 aromatic rings. The summed E-state index contributed by atoms with van der Waals surface area (Å²) in [5, 5.41) is 13.4. The van der Waals surface area contributed by atoms with Gasteiger partial charge in [0.2, 0.25) is 0 Å². The van der Waals surface area contributed by atoms with E-state index in [4.69, 9.17) is 0 Å². The molecular formula is C11H13FN2O4. The fraction of sp³-hybridized carbons (Fsp3) is 0.364. The lowest BCUT2D eigenvalue weighted by molar-refractivity contribution is -0.384. The molecule has 6 nitrogen and oxygen atoms in total. The van der Waals surface area contributed by atoms with Crippen LogP contribution in [-0.2, 0) is 9.53 Å². The molecule has 0 saturated carbocycles. The van der Waals surface area contributed by atoms with E-state index in [0.29, 0.717) is 0 Å². The van der Waals surface area contributed by atoms with E-state index in [9.17, 15) is 19.3 Å². The van der Waals surface area contributed by atoms with Crippen molar-refractivity contribution in [3.63, 3.8) is 0 Å². The first-order valence-electron chi connectivity index (χ1n) is 5.08. The molecule has 1 rings (SSSR count). The summed E-state index contributed by atoms with van der Waals surface area (Å²) in [6.07, 6.45) is 0. The number of carbonyl (C=O) groups excluding carboxylic acids is 1. The highest BCUT2D eigenvalue weighted by atomic mass is 19.1. The molecule has 0 fully saturated rings. The second kappa shape index (κ2) is 4.99. The minimum atomic E-state index is -1.20. The van der Waals surface area contributed by atoms with Crippen LogP contribution in [0.15, 0.2) is 18.2 Å². The van der Waals surface area contributed by atoms with E-state index >= 15 is 0 Å². The van der Waals surface area contributed by atoms with E-state index in [1.807, 2.05) is 0 Å². The van der Waals surface area contributed by atoms with Crippen molar-refractivity contribution >= 4 is 17.3 Å². The van der Waals surface area contributed by atoms with Crippen molar-refractivity contribution < 1.29 is 18.8 Å². The minimum absolute atomic E-state index is 0.0737. The number of nitro groups is 1. The van der Waals surface area contributed by atoms with Gasteiger partial charge in [0.25, 0.3) is 5.69 Å². The molecule has 0 amide bonds. The van der Waals surface area contributed by atoms with Crippen LogP contribution in [0.2, 0.25) is 0 Å². The van der Waals surface area contributed by atoms with Gasteiger partial charge in [-0.3, -0.25) is 10.1 Å². The summed E-state index contributed by atoms with van der Waals surface area (Å²) >= 11 is 0. The summed E-state index contributed by atoms with van der Waals surface area (Å²) in [6.45, 7) is 2.96. The second-order valence-corrected chi connectivity index (χ2v) is 4.16. The third kappa shape index (κ3) is 2.93. The number of hydrogen-bond acceptors (Lipinski definition) is 5. The molecule has 0 atom stereocenters. The third-order valence-corrected chi connectivity index (χ3v) is 2.30. The van der Waals surface area contributed by atoms with Gasteiger partial charge < -0.3 is 10.1 Å². The first-order chi connectivity index (χ1) is 8.27. The predicted octanol–water partition coefficient (Wildman–Crippen LogP) is 2.10. The van der Waals surface area contributed by atoms with Gasteiger partial charge in [-0.2, -0.15) is 0 Å². The first kappa shape index (κ1) is 13.9. The largest absolute Gasteiger partial charge is 0.467 e. The number of carbonyl (C=O) groups is 1. The summed E-state index contributed by atoms with van der Waals surface area (Å²) in [7, 11) is 1.20. The normalized spacial score (nSPS) is 10.9. The van der Waals surface area contributed by atoms with Gasteiger partial charge in [0.1, 0.15) is 17.0 Å². The van der Waals surface area contributed by atoms with Gasteiger partial charge in [-0.1, -0.05) is 0 Å². The Labute approximate surface area is 103 Å². The Morgan fingerprint density at radius 3 is 2.61 bits per heavy atom. The maximum atomic E-state index is 13.1. The van der Waals surface area contributed by atoms with Crippen molar-refractivity contribution in [1.82, 2.24) is 0 Å². The van der Waals surface area contributed by atoms with Crippen LogP contribution in [0.1, 0.15) is 13.8 Å². The molecule has 0 saturated heterocycles. The Bertz CT molecular complexity index is 488. The van der Waals surface area contributed by atoms with Crippen LogP contribution < -0.4 is 5.32 Å². The van der Waals surface area contributed by atoms with E-state index in [-0.39, 0.29) is 11.4 Å². The number of rotatable bonds is 4. The molecular weight excluding hydrogens is 243 g/mol. The Kier molecular flexibility index (Phi) is 3.85. The van der Waals surface area contributed by atoms with Crippen molar-refractivity contribution in [3.8, 4) is 0 Å². The van der Waals surface area contributed by atoms with Crippen molar-refractivity contribution in [2.24, 2.45) is 0 Å². The fourth-order valence-corrected chi connectivity index (χ4v) is 1.41. The minimum Gasteiger partial charge on any atom is -0.467 e. The third-order valence-electron chi connectivity index (χ3n) is 2.30. The van der Waals surface area contributed by atoms with Crippen LogP contribution in [0, 0.1) is 15.9 Å². The topological polar surface area (TPSA) is 81.5 Å². The Hall–Kier alpha value is -2.18. The van der Waals surface area contributed by atoms with Crippen LogP contribution in [0.5, 0.6) is 0 Å². The number of benzene rings is 1. The number of esters is 1. The number of ether oxygens (including phenoxy) is 1. The lowest BCUT2D eigenvalue weighted by Crippen LogP contribution is -2.41. The van der Waals surface area contributed by atoms with Crippen LogP contribution in [0.4, 0.5) is 15.8 Å². The molecule has 0 radical (unpaired) electrons. The van der Waals surface area contributed by atoms with Gasteiger partial charge in [0, 0.05) is 12.1 Å². The Morgan fingerprint density at radius 2 is 2.11 bits per heavy atom. The number of nitro benzene ring substituents is 1. The molecule has 0 aliphatic rings.